The van der Waals surface area contributed by atoms with Crippen LogP contribution in [0.3, 0.4) is 0 Å². The lowest BCUT2D eigenvalue weighted by Gasteiger charge is -2.27. The van der Waals surface area contributed by atoms with E-state index in [0.717, 1.165) is 0 Å². The van der Waals surface area contributed by atoms with Gasteiger partial charge in [-0.2, -0.15) is 0 Å². The van der Waals surface area contributed by atoms with Crippen LogP contribution in [0.15, 0.2) is 88.8 Å². The van der Waals surface area contributed by atoms with Gasteiger partial charge in [-0.25, -0.2) is 4.79 Å². The number of fused-ring (bicyclic) bond motifs is 1. The molecule has 0 aliphatic carbocycles. The number of furan rings is 1. The Morgan fingerprint density at radius 3 is 2.50 bits per heavy atom. The molecule has 2 aromatic carbocycles. The number of benzene rings is 2. The van der Waals surface area contributed by atoms with E-state index in [4.69, 9.17) is 13.9 Å². The van der Waals surface area contributed by atoms with E-state index in [1.54, 1.807) is 68.4 Å². The summed E-state index contributed by atoms with van der Waals surface area (Å²) in [6.07, 6.45) is 2.72. The number of Topliss-reactive ketones (excluding diaryl/α,β-unsaturated/α-hetero) is 1. The molecular formula is C29H24N2O7. The largest absolute Gasteiger partial charge is 0.503 e. The second-order valence-electron chi connectivity index (χ2n) is 8.94. The van der Waals surface area contributed by atoms with Crippen molar-refractivity contribution in [2.45, 2.75) is 26.0 Å². The minimum Gasteiger partial charge on any atom is -0.503 e. The van der Waals surface area contributed by atoms with Gasteiger partial charge in [-0.3, -0.25) is 19.5 Å². The first-order valence-corrected chi connectivity index (χ1v) is 11.9. The van der Waals surface area contributed by atoms with Crippen LogP contribution in [0.5, 0.6) is 5.75 Å². The molecule has 0 saturated carbocycles. The fraction of sp³-hybridized carbons (Fsp3) is 0.172. The summed E-state index contributed by atoms with van der Waals surface area (Å²) >= 11 is 0. The number of hydrogen-bond acceptors (Lipinski definition) is 8. The molecule has 4 aromatic rings. The van der Waals surface area contributed by atoms with Gasteiger partial charge in [0, 0.05) is 23.5 Å². The molecule has 0 spiro atoms. The van der Waals surface area contributed by atoms with E-state index in [9.17, 15) is 19.5 Å². The van der Waals surface area contributed by atoms with Crippen molar-refractivity contribution in [2.24, 2.45) is 0 Å². The first-order chi connectivity index (χ1) is 18.3. The predicted octanol–water partition coefficient (Wildman–Crippen LogP) is 5.18. The van der Waals surface area contributed by atoms with Crippen LogP contribution in [-0.4, -0.2) is 41.0 Å². The fourth-order valence-electron chi connectivity index (χ4n) is 4.47. The van der Waals surface area contributed by atoms with Crippen molar-refractivity contribution < 1.29 is 33.4 Å². The molecule has 2 aromatic heterocycles. The Morgan fingerprint density at radius 1 is 1.05 bits per heavy atom. The van der Waals surface area contributed by atoms with Crippen molar-refractivity contribution in [1.82, 2.24) is 4.98 Å². The van der Waals surface area contributed by atoms with Gasteiger partial charge >= 0.3 is 5.97 Å². The van der Waals surface area contributed by atoms with Gasteiger partial charge in [0.25, 0.3) is 5.91 Å². The van der Waals surface area contributed by atoms with E-state index < -0.39 is 29.5 Å². The topological polar surface area (TPSA) is 119 Å². The summed E-state index contributed by atoms with van der Waals surface area (Å²) in [5, 5.41) is 11.7. The molecule has 1 aliphatic rings. The summed E-state index contributed by atoms with van der Waals surface area (Å²) < 4.78 is 16.5. The number of esters is 1. The highest BCUT2D eigenvalue weighted by Crippen LogP contribution is 2.42. The number of hydrogen-bond donors (Lipinski definition) is 1. The highest BCUT2D eigenvalue weighted by Gasteiger charge is 2.45. The molecule has 1 N–H and O–H groups in total. The zero-order valence-corrected chi connectivity index (χ0v) is 20.9. The number of pyridine rings is 1. The Kier molecular flexibility index (Phi) is 6.42. The van der Waals surface area contributed by atoms with Gasteiger partial charge in [-0.05, 0) is 61.9 Å². The van der Waals surface area contributed by atoms with Gasteiger partial charge in [0.05, 0.1) is 30.4 Å². The lowest BCUT2D eigenvalue weighted by Crippen LogP contribution is -2.31. The van der Waals surface area contributed by atoms with Crippen LogP contribution >= 0.6 is 0 Å². The Balaban J connectivity index is 1.61. The van der Waals surface area contributed by atoms with Crippen LogP contribution in [0, 0.1) is 0 Å². The number of nitrogens with zero attached hydrogens (tertiary/aromatic N) is 2. The number of methoxy groups -OCH3 is 1. The number of anilines is 1. The standard InChI is InChI=1S/C29H24N2O7/c1-16(2)37-29(35)19-7-4-8-20(14-19)31-24(17-10-12-30-13-11-17)23(26(33)28(31)34)25(32)22-15-18-6-5-9-21(36-3)27(18)38-22/h4-16,24,33H,1-3H3. The summed E-state index contributed by atoms with van der Waals surface area (Å²) in [5.74, 6) is -2.33. The third kappa shape index (κ3) is 4.28. The molecule has 9 heteroatoms. The third-order valence-corrected chi connectivity index (χ3v) is 6.13. The molecule has 1 unspecified atom stereocenters. The zero-order chi connectivity index (χ0) is 27.0. The van der Waals surface area contributed by atoms with Gasteiger partial charge < -0.3 is 19.0 Å². The van der Waals surface area contributed by atoms with E-state index in [0.29, 0.717) is 28.0 Å². The molecule has 9 nitrogen and oxygen atoms in total. The molecule has 0 bridgehead atoms. The number of amides is 1. The highest BCUT2D eigenvalue weighted by atomic mass is 16.5. The van der Waals surface area contributed by atoms with Gasteiger partial charge in [-0.1, -0.05) is 18.2 Å². The Labute approximate surface area is 217 Å². The summed E-state index contributed by atoms with van der Waals surface area (Å²) in [5.41, 5.74) is 1.27. The van der Waals surface area contributed by atoms with Crippen molar-refractivity contribution in [1.29, 1.82) is 0 Å². The minimum absolute atomic E-state index is 0.0611. The van der Waals surface area contributed by atoms with Crippen LogP contribution in [0.4, 0.5) is 5.69 Å². The summed E-state index contributed by atoms with van der Waals surface area (Å²) in [6.45, 7) is 3.47. The normalized spacial score (nSPS) is 15.4. The van der Waals surface area contributed by atoms with E-state index in [-0.39, 0.29) is 23.0 Å². The first-order valence-electron chi connectivity index (χ1n) is 11.9. The van der Waals surface area contributed by atoms with Crippen molar-refractivity contribution >= 4 is 34.3 Å². The van der Waals surface area contributed by atoms with Gasteiger partial charge in [0.2, 0.25) is 5.78 Å². The lowest BCUT2D eigenvalue weighted by molar-refractivity contribution is -0.117. The average molecular weight is 513 g/mol. The fourth-order valence-corrected chi connectivity index (χ4v) is 4.47. The van der Waals surface area contributed by atoms with E-state index in [2.05, 4.69) is 4.98 Å². The molecule has 1 amide bonds. The SMILES string of the molecule is COc1cccc2cc(C(=O)C3=C(O)C(=O)N(c4cccc(C(=O)OC(C)C)c4)C3c3ccncc3)oc12. The number of carbonyl (C=O) groups excluding carboxylic acids is 3. The predicted molar refractivity (Wildman–Crippen MR) is 138 cm³/mol. The Hall–Kier alpha value is -4.92. The second kappa shape index (κ2) is 9.85. The number of ether oxygens (including phenoxy) is 2. The molecule has 0 radical (unpaired) electrons. The maximum atomic E-state index is 13.8. The molecule has 1 atom stereocenters. The lowest BCUT2D eigenvalue weighted by atomic mass is 9.95. The summed E-state index contributed by atoms with van der Waals surface area (Å²) in [7, 11) is 1.49. The first kappa shape index (κ1) is 24.8. The zero-order valence-electron chi connectivity index (χ0n) is 20.9. The van der Waals surface area contributed by atoms with Gasteiger partial charge in [-0.15, -0.1) is 0 Å². The number of para-hydroxylation sites is 1. The molecule has 38 heavy (non-hydrogen) atoms. The van der Waals surface area contributed by atoms with Crippen molar-refractivity contribution in [3.8, 4) is 5.75 Å². The number of aliphatic hydroxyl groups is 1. The van der Waals surface area contributed by atoms with Crippen LogP contribution in [0.2, 0.25) is 0 Å². The maximum Gasteiger partial charge on any atom is 0.338 e. The number of carbonyl (C=O) groups is 3. The van der Waals surface area contributed by atoms with Crippen LogP contribution < -0.4 is 9.64 Å². The number of aromatic nitrogens is 1. The molecule has 192 valence electrons. The smallest absolute Gasteiger partial charge is 0.338 e. The van der Waals surface area contributed by atoms with E-state index in [1.165, 1.54) is 30.5 Å². The van der Waals surface area contributed by atoms with Crippen molar-refractivity contribution in [3.63, 3.8) is 0 Å². The molecule has 1 aliphatic heterocycles. The van der Waals surface area contributed by atoms with Crippen LogP contribution in [0.25, 0.3) is 11.0 Å². The quantitative estimate of drug-likeness (QED) is 0.266. The van der Waals surface area contributed by atoms with Gasteiger partial charge in [0.15, 0.2) is 22.9 Å². The van der Waals surface area contributed by atoms with Crippen molar-refractivity contribution in [2.75, 3.05) is 12.0 Å². The number of aliphatic hydroxyl groups excluding tert-OH is 1. The third-order valence-electron chi connectivity index (χ3n) is 6.13. The Morgan fingerprint density at radius 2 is 1.79 bits per heavy atom. The Bertz CT molecular complexity index is 1590. The summed E-state index contributed by atoms with van der Waals surface area (Å²) in [6, 6.07) is 15.3. The molecular weight excluding hydrogens is 488 g/mol. The van der Waals surface area contributed by atoms with Crippen LogP contribution in [0.1, 0.15) is 46.4 Å². The average Bonchev–Trinajstić information content (AvgIpc) is 3.47. The molecule has 0 fully saturated rings. The van der Waals surface area contributed by atoms with E-state index >= 15 is 0 Å². The molecule has 5 rings (SSSR count). The minimum atomic E-state index is -1.01. The monoisotopic (exact) mass is 512 g/mol. The molecule has 3 heterocycles. The van der Waals surface area contributed by atoms with Crippen LogP contribution in [-0.2, 0) is 9.53 Å². The molecule has 0 saturated heterocycles. The van der Waals surface area contributed by atoms with Gasteiger partial charge in [0.1, 0.15) is 0 Å². The second-order valence-corrected chi connectivity index (χ2v) is 8.94. The number of ketones is 1. The highest BCUT2D eigenvalue weighted by molar-refractivity contribution is 6.21. The summed E-state index contributed by atoms with van der Waals surface area (Å²) in [4.78, 5) is 45.1. The maximum absolute atomic E-state index is 13.8. The van der Waals surface area contributed by atoms with Crippen molar-refractivity contribution in [3.05, 3.63) is 101 Å². The van der Waals surface area contributed by atoms with E-state index in [1.807, 2.05) is 0 Å². The number of rotatable bonds is 7.